The summed E-state index contributed by atoms with van der Waals surface area (Å²) in [6.07, 6.45) is -1.50. The van der Waals surface area contributed by atoms with Crippen LogP contribution in [0.15, 0.2) is 34.8 Å². The lowest BCUT2D eigenvalue weighted by Gasteiger charge is -2.14. The third kappa shape index (κ3) is 2.72. The van der Waals surface area contributed by atoms with Crippen molar-refractivity contribution in [2.45, 2.75) is 13.0 Å². The van der Waals surface area contributed by atoms with Crippen LogP contribution >= 0.6 is 15.9 Å². The predicted molar refractivity (Wildman–Crippen MR) is 74.9 cm³/mol. The Balaban J connectivity index is 2.58. The highest BCUT2D eigenvalue weighted by Gasteiger charge is 2.24. The molecule has 19 heavy (non-hydrogen) atoms. The number of carbonyl (C=O) groups excluding carboxylic acids is 1. The zero-order valence-electron chi connectivity index (χ0n) is 10.3. The topological polar surface area (TPSA) is 66.8 Å². The van der Waals surface area contributed by atoms with Gasteiger partial charge in [-0.3, -0.25) is 0 Å². The molecule has 2 aromatic rings. The first-order valence-corrected chi connectivity index (χ1v) is 6.59. The summed E-state index contributed by atoms with van der Waals surface area (Å²) in [6.45, 7) is 1.83. The molecule has 0 amide bonds. The minimum Gasteiger partial charge on any atom is -0.508 e. The minimum atomic E-state index is -1.50. The Bertz CT molecular complexity index is 624. The molecular formula is C14H13BrO4. The van der Waals surface area contributed by atoms with Crippen molar-refractivity contribution in [3.63, 3.8) is 0 Å². The fraction of sp³-hybridized carbons (Fsp3) is 0.214. The number of halogens is 1. The van der Waals surface area contributed by atoms with Gasteiger partial charge in [-0.1, -0.05) is 28.1 Å². The van der Waals surface area contributed by atoms with Gasteiger partial charge in [0.2, 0.25) is 0 Å². The van der Waals surface area contributed by atoms with Gasteiger partial charge in [0.25, 0.3) is 0 Å². The Hall–Kier alpha value is -1.59. The summed E-state index contributed by atoms with van der Waals surface area (Å²) in [5.74, 6) is -0.899. The monoisotopic (exact) mass is 324 g/mol. The molecule has 4 nitrogen and oxygen atoms in total. The maximum atomic E-state index is 11.6. The van der Waals surface area contributed by atoms with Gasteiger partial charge in [0.1, 0.15) is 5.75 Å². The Kier molecular flexibility index (Phi) is 4.07. The van der Waals surface area contributed by atoms with Gasteiger partial charge in [-0.15, -0.1) is 0 Å². The molecule has 0 aliphatic carbocycles. The van der Waals surface area contributed by atoms with Crippen molar-refractivity contribution in [3.8, 4) is 5.75 Å². The van der Waals surface area contributed by atoms with Gasteiger partial charge in [0.05, 0.1) is 6.61 Å². The van der Waals surface area contributed by atoms with Gasteiger partial charge >= 0.3 is 5.97 Å². The van der Waals surface area contributed by atoms with Crippen molar-refractivity contribution in [1.29, 1.82) is 0 Å². The number of hydrogen-bond donors (Lipinski definition) is 2. The van der Waals surface area contributed by atoms with Crippen molar-refractivity contribution in [1.82, 2.24) is 0 Å². The molecule has 0 aliphatic heterocycles. The highest BCUT2D eigenvalue weighted by Crippen LogP contribution is 2.34. The van der Waals surface area contributed by atoms with Gasteiger partial charge in [-0.25, -0.2) is 4.79 Å². The van der Waals surface area contributed by atoms with Crippen molar-refractivity contribution >= 4 is 32.7 Å². The third-order valence-corrected chi connectivity index (χ3v) is 3.28. The molecule has 0 spiro atoms. The molecule has 0 saturated heterocycles. The van der Waals surface area contributed by atoms with Crippen LogP contribution in [0.5, 0.6) is 5.75 Å². The highest BCUT2D eigenvalue weighted by atomic mass is 79.9. The normalized spacial score (nSPS) is 12.4. The van der Waals surface area contributed by atoms with Gasteiger partial charge in [0.15, 0.2) is 6.10 Å². The van der Waals surface area contributed by atoms with E-state index in [4.69, 9.17) is 4.74 Å². The average Bonchev–Trinajstić information content (AvgIpc) is 2.38. The number of ether oxygens (including phenoxy) is 1. The molecule has 2 N–H and O–H groups in total. The van der Waals surface area contributed by atoms with Crippen molar-refractivity contribution in [2.24, 2.45) is 0 Å². The summed E-state index contributed by atoms with van der Waals surface area (Å²) >= 11 is 3.35. The molecule has 0 fully saturated rings. The molecule has 0 aromatic heterocycles. The first-order valence-electron chi connectivity index (χ1n) is 5.80. The van der Waals surface area contributed by atoms with Crippen LogP contribution in [0.1, 0.15) is 18.6 Å². The second-order valence-electron chi connectivity index (χ2n) is 4.02. The first kappa shape index (κ1) is 13.8. The number of fused-ring (bicyclic) bond motifs is 1. The molecule has 2 rings (SSSR count). The zero-order chi connectivity index (χ0) is 14.0. The largest absolute Gasteiger partial charge is 0.508 e. The van der Waals surface area contributed by atoms with E-state index in [1.165, 1.54) is 6.07 Å². The van der Waals surface area contributed by atoms with Gasteiger partial charge in [-0.05, 0) is 35.9 Å². The molecular weight excluding hydrogens is 312 g/mol. The fourth-order valence-corrected chi connectivity index (χ4v) is 2.32. The van der Waals surface area contributed by atoms with Crippen molar-refractivity contribution < 1.29 is 19.7 Å². The lowest BCUT2D eigenvalue weighted by molar-refractivity contribution is -0.153. The second-order valence-corrected chi connectivity index (χ2v) is 4.93. The molecule has 5 heteroatoms. The number of phenols is 1. The number of aromatic hydroxyl groups is 1. The SMILES string of the molecule is CCOC(=O)C(O)c1c(O)ccc2cc(Br)ccc12. The van der Waals surface area contributed by atoms with Crippen LogP contribution in [0.3, 0.4) is 0 Å². The molecule has 2 aromatic carbocycles. The zero-order valence-corrected chi connectivity index (χ0v) is 11.8. The van der Waals surface area contributed by atoms with Gasteiger partial charge in [0, 0.05) is 10.0 Å². The highest BCUT2D eigenvalue weighted by molar-refractivity contribution is 9.10. The van der Waals surface area contributed by atoms with Crippen LogP contribution in [0, 0.1) is 0 Å². The summed E-state index contributed by atoms with van der Waals surface area (Å²) in [5, 5.41) is 21.3. The molecule has 0 aliphatic rings. The van der Waals surface area contributed by atoms with Crippen LogP contribution in [0.2, 0.25) is 0 Å². The maximum absolute atomic E-state index is 11.6. The van der Waals surface area contributed by atoms with Gasteiger partial charge in [-0.2, -0.15) is 0 Å². The standard InChI is InChI=1S/C14H13BrO4/c1-2-19-14(18)13(17)12-10-5-4-9(15)7-8(10)3-6-11(12)16/h3-7,13,16-17H,2H2,1H3. The van der Waals surface area contributed by atoms with Crippen LogP contribution in [-0.2, 0) is 9.53 Å². The molecule has 0 saturated carbocycles. The van der Waals surface area contributed by atoms with E-state index in [0.29, 0.717) is 5.39 Å². The van der Waals surface area contributed by atoms with Gasteiger partial charge < -0.3 is 14.9 Å². The molecule has 100 valence electrons. The van der Waals surface area contributed by atoms with E-state index >= 15 is 0 Å². The number of rotatable bonds is 3. The van der Waals surface area contributed by atoms with E-state index in [-0.39, 0.29) is 17.9 Å². The molecule has 1 unspecified atom stereocenters. The lowest BCUT2D eigenvalue weighted by atomic mass is 9.99. The van der Waals surface area contributed by atoms with Crippen LogP contribution < -0.4 is 0 Å². The summed E-state index contributed by atoms with van der Waals surface area (Å²) in [5.41, 5.74) is 0.170. The van der Waals surface area contributed by atoms with E-state index in [1.807, 2.05) is 6.07 Å². The summed E-state index contributed by atoms with van der Waals surface area (Å²) < 4.78 is 5.65. The van der Waals surface area contributed by atoms with E-state index in [1.54, 1.807) is 25.1 Å². The number of esters is 1. The first-order chi connectivity index (χ1) is 9.04. The Morgan fingerprint density at radius 2 is 2.11 bits per heavy atom. The van der Waals surface area contributed by atoms with E-state index < -0.39 is 12.1 Å². The Labute approximate surface area is 118 Å². The third-order valence-electron chi connectivity index (χ3n) is 2.78. The number of aliphatic hydroxyl groups excluding tert-OH is 1. The molecule has 0 heterocycles. The summed E-state index contributed by atoms with van der Waals surface area (Å²) in [7, 11) is 0. The number of aliphatic hydroxyl groups is 1. The van der Waals surface area contributed by atoms with E-state index in [2.05, 4.69) is 15.9 Å². The molecule has 0 bridgehead atoms. The number of hydrogen-bond acceptors (Lipinski definition) is 4. The summed E-state index contributed by atoms with van der Waals surface area (Å²) in [4.78, 5) is 11.6. The maximum Gasteiger partial charge on any atom is 0.339 e. The van der Waals surface area contributed by atoms with Crippen molar-refractivity contribution in [2.75, 3.05) is 6.61 Å². The number of benzene rings is 2. The fourth-order valence-electron chi connectivity index (χ4n) is 1.94. The average molecular weight is 325 g/mol. The Morgan fingerprint density at radius 1 is 1.37 bits per heavy atom. The summed E-state index contributed by atoms with van der Waals surface area (Å²) in [6, 6.07) is 8.53. The van der Waals surface area contributed by atoms with Crippen LogP contribution in [0.4, 0.5) is 0 Å². The molecule has 0 radical (unpaired) electrons. The number of phenolic OH excluding ortho intramolecular Hbond substituents is 1. The Morgan fingerprint density at radius 3 is 2.79 bits per heavy atom. The predicted octanol–water partition coefficient (Wildman–Crippen LogP) is 2.90. The lowest BCUT2D eigenvalue weighted by Crippen LogP contribution is -2.15. The number of carbonyl (C=O) groups is 1. The van der Waals surface area contributed by atoms with Crippen molar-refractivity contribution in [3.05, 3.63) is 40.4 Å². The van der Waals surface area contributed by atoms with E-state index in [0.717, 1.165) is 9.86 Å². The molecule has 1 atom stereocenters. The van der Waals surface area contributed by atoms with Crippen LogP contribution in [-0.4, -0.2) is 22.8 Å². The second kappa shape index (κ2) is 5.59. The minimum absolute atomic E-state index is 0.129. The van der Waals surface area contributed by atoms with E-state index in [9.17, 15) is 15.0 Å². The van der Waals surface area contributed by atoms with Crippen LogP contribution in [0.25, 0.3) is 10.8 Å². The smallest absolute Gasteiger partial charge is 0.339 e. The quantitative estimate of drug-likeness (QED) is 0.852.